The molecule has 7 heteroatoms. The predicted molar refractivity (Wildman–Crippen MR) is 121 cm³/mol. The lowest BCUT2D eigenvalue weighted by Gasteiger charge is -2.42. The predicted octanol–water partition coefficient (Wildman–Crippen LogP) is 3.14. The van der Waals surface area contributed by atoms with Crippen LogP contribution in [0, 0.1) is 5.82 Å². The lowest BCUT2D eigenvalue weighted by Crippen LogP contribution is -2.50. The van der Waals surface area contributed by atoms with Crippen molar-refractivity contribution in [1.29, 1.82) is 0 Å². The summed E-state index contributed by atoms with van der Waals surface area (Å²) in [4.78, 5) is 25.4. The van der Waals surface area contributed by atoms with Gasteiger partial charge in [-0.1, -0.05) is 6.07 Å². The van der Waals surface area contributed by atoms with Crippen molar-refractivity contribution in [3.8, 4) is 0 Å². The molecule has 3 aliphatic heterocycles. The number of aromatic nitrogens is 1. The number of benzene rings is 1. The Balaban J connectivity index is 1.32. The Morgan fingerprint density at radius 2 is 1.74 bits per heavy atom. The van der Waals surface area contributed by atoms with Crippen LogP contribution in [0.1, 0.15) is 26.2 Å². The molecule has 1 amide bonds. The number of hydrogen-bond acceptors (Lipinski definition) is 5. The van der Waals surface area contributed by atoms with Crippen molar-refractivity contribution in [2.24, 2.45) is 0 Å². The molecule has 2 atom stereocenters. The minimum Gasteiger partial charge on any atom is -0.368 e. The fraction of sp³-hybridized carbons (Fsp3) is 0.500. The normalized spacial score (nSPS) is 23.8. The summed E-state index contributed by atoms with van der Waals surface area (Å²) < 4.78 is 13.8. The number of anilines is 3. The largest absolute Gasteiger partial charge is 0.368 e. The first-order valence-corrected chi connectivity index (χ1v) is 11.4. The van der Waals surface area contributed by atoms with Gasteiger partial charge in [0.25, 0.3) is 0 Å². The number of piperidine rings is 1. The fourth-order valence-electron chi connectivity index (χ4n) is 5.49. The highest BCUT2D eigenvalue weighted by Crippen LogP contribution is 2.37. The van der Waals surface area contributed by atoms with Crippen LogP contribution in [-0.2, 0) is 4.79 Å². The summed E-state index contributed by atoms with van der Waals surface area (Å²) >= 11 is 0. The Morgan fingerprint density at radius 1 is 0.935 bits per heavy atom. The molecular weight excluding hydrogens is 393 g/mol. The van der Waals surface area contributed by atoms with Crippen LogP contribution < -0.4 is 14.7 Å². The van der Waals surface area contributed by atoms with Gasteiger partial charge in [0, 0.05) is 69.8 Å². The second-order valence-corrected chi connectivity index (χ2v) is 8.80. The molecule has 164 valence electrons. The minimum atomic E-state index is -0.172. The average molecular weight is 424 g/mol. The molecule has 1 aromatic heterocycles. The topological polar surface area (TPSA) is 42.9 Å². The van der Waals surface area contributed by atoms with Crippen LogP contribution in [0.25, 0.3) is 0 Å². The highest BCUT2D eigenvalue weighted by molar-refractivity contribution is 5.73. The molecule has 5 rings (SSSR count). The van der Waals surface area contributed by atoms with Crippen molar-refractivity contribution in [3.63, 3.8) is 0 Å². The van der Waals surface area contributed by atoms with E-state index in [-0.39, 0.29) is 11.7 Å². The maximum atomic E-state index is 13.8. The molecule has 0 N–H and O–H groups in total. The Labute approximate surface area is 183 Å². The maximum absolute atomic E-state index is 13.8. The zero-order chi connectivity index (χ0) is 21.4. The molecule has 2 aromatic rings. The van der Waals surface area contributed by atoms with E-state index in [9.17, 15) is 9.18 Å². The van der Waals surface area contributed by atoms with Gasteiger partial charge < -0.3 is 19.6 Å². The molecule has 3 fully saturated rings. The molecule has 0 spiro atoms. The van der Waals surface area contributed by atoms with E-state index in [1.807, 2.05) is 17.2 Å². The SMILES string of the molecule is CC(=O)N1CCN(c2ccnc(N3CC[C@@H]4[C@H]3CCCN4c3cccc(F)c3)c2)CC1. The molecular formula is C24H30FN5O. The summed E-state index contributed by atoms with van der Waals surface area (Å²) in [5, 5.41) is 0. The van der Waals surface area contributed by atoms with Gasteiger partial charge >= 0.3 is 0 Å². The highest BCUT2D eigenvalue weighted by Gasteiger charge is 2.41. The number of carbonyl (C=O) groups is 1. The van der Waals surface area contributed by atoms with Gasteiger partial charge in [-0.05, 0) is 43.5 Å². The Kier molecular flexibility index (Phi) is 5.42. The third-order valence-corrected chi connectivity index (χ3v) is 7.06. The summed E-state index contributed by atoms with van der Waals surface area (Å²) in [5.74, 6) is 1.01. The second-order valence-electron chi connectivity index (χ2n) is 8.80. The summed E-state index contributed by atoms with van der Waals surface area (Å²) in [6.07, 6.45) is 5.20. The monoisotopic (exact) mass is 423 g/mol. The van der Waals surface area contributed by atoms with E-state index >= 15 is 0 Å². The van der Waals surface area contributed by atoms with E-state index in [2.05, 4.69) is 26.8 Å². The van der Waals surface area contributed by atoms with E-state index in [0.29, 0.717) is 12.1 Å². The van der Waals surface area contributed by atoms with Gasteiger partial charge in [0.2, 0.25) is 5.91 Å². The number of carbonyl (C=O) groups excluding carboxylic acids is 1. The van der Waals surface area contributed by atoms with Gasteiger partial charge in [0.05, 0.1) is 12.1 Å². The Bertz CT molecular complexity index is 945. The molecule has 6 nitrogen and oxygen atoms in total. The standard InChI is InChI=1S/C24H30FN5O/c1-18(31)27-12-14-28(15-13-27)20-7-9-26-24(17-20)30-11-8-23-22(30)6-3-10-29(23)21-5-2-4-19(25)16-21/h2,4-5,7,9,16-17,22-23H,3,6,8,10-15H2,1H3/t22-,23-/m1/s1. The number of halogens is 1. The molecule has 0 unspecified atom stereocenters. The van der Waals surface area contributed by atoms with Crippen molar-refractivity contribution in [2.75, 3.05) is 54.0 Å². The first kappa shape index (κ1) is 20.1. The van der Waals surface area contributed by atoms with Gasteiger partial charge in [0.15, 0.2) is 0 Å². The lowest BCUT2D eigenvalue weighted by atomic mass is 9.96. The molecule has 0 bridgehead atoms. The van der Waals surface area contributed by atoms with Crippen LogP contribution in [0.15, 0.2) is 42.6 Å². The van der Waals surface area contributed by atoms with E-state index in [1.165, 1.54) is 11.8 Å². The van der Waals surface area contributed by atoms with Crippen LogP contribution in [0.4, 0.5) is 21.6 Å². The first-order valence-electron chi connectivity index (χ1n) is 11.4. The lowest BCUT2D eigenvalue weighted by molar-refractivity contribution is -0.129. The van der Waals surface area contributed by atoms with Crippen LogP contribution in [-0.4, -0.2) is 67.1 Å². The van der Waals surface area contributed by atoms with Gasteiger partial charge in [-0.15, -0.1) is 0 Å². The molecule has 0 radical (unpaired) electrons. The zero-order valence-electron chi connectivity index (χ0n) is 18.1. The van der Waals surface area contributed by atoms with Crippen molar-refractivity contribution >= 4 is 23.1 Å². The van der Waals surface area contributed by atoms with Gasteiger partial charge in [0.1, 0.15) is 11.6 Å². The van der Waals surface area contributed by atoms with Gasteiger partial charge in [-0.3, -0.25) is 4.79 Å². The van der Waals surface area contributed by atoms with E-state index in [4.69, 9.17) is 4.98 Å². The molecule has 4 heterocycles. The quantitative estimate of drug-likeness (QED) is 0.759. The minimum absolute atomic E-state index is 0.151. The van der Waals surface area contributed by atoms with Crippen LogP contribution in [0.3, 0.4) is 0 Å². The first-order chi connectivity index (χ1) is 15.1. The van der Waals surface area contributed by atoms with Crippen molar-refractivity contribution in [3.05, 3.63) is 48.4 Å². The number of amides is 1. The highest BCUT2D eigenvalue weighted by atomic mass is 19.1. The third kappa shape index (κ3) is 3.93. The van der Waals surface area contributed by atoms with Crippen LogP contribution >= 0.6 is 0 Å². The van der Waals surface area contributed by atoms with Crippen LogP contribution in [0.5, 0.6) is 0 Å². The number of nitrogens with zero attached hydrogens (tertiary/aromatic N) is 5. The van der Waals surface area contributed by atoms with E-state index in [1.54, 1.807) is 19.1 Å². The van der Waals surface area contributed by atoms with Crippen molar-refractivity contribution in [1.82, 2.24) is 9.88 Å². The van der Waals surface area contributed by atoms with Crippen molar-refractivity contribution in [2.45, 2.75) is 38.3 Å². The Morgan fingerprint density at radius 3 is 2.52 bits per heavy atom. The summed E-state index contributed by atoms with van der Waals surface area (Å²) in [6, 6.07) is 12.1. The fourth-order valence-corrected chi connectivity index (χ4v) is 5.49. The smallest absolute Gasteiger partial charge is 0.219 e. The van der Waals surface area contributed by atoms with Gasteiger partial charge in [-0.25, -0.2) is 9.37 Å². The summed E-state index contributed by atoms with van der Waals surface area (Å²) in [6.45, 7) is 6.82. The zero-order valence-corrected chi connectivity index (χ0v) is 18.1. The van der Waals surface area contributed by atoms with Gasteiger partial charge in [-0.2, -0.15) is 0 Å². The van der Waals surface area contributed by atoms with Crippen LogP contribution in [0.2, 0.25) is 0 Å². The molecule has 0 saturated carbocycles. The van der Waals surface area contributed by atoms with E-state index in [0.717, 1.165) is 70.0 Å². The number of rotatable bonds is 3. The molecule has 3 aliphatic rings. The molecule has 31 heavy (non-hydrogen) atoms. The number of hydrogen-bond donors (Lipinski definition) is 0. The summed E-state index contributed by atoms with van der Waals surface area (Å²) in [5.41, 5.74) is 2.16. The number of fused-ring (bicyclic) bond motifs is 1. The molecule has 3 saturated heterocycles. The number of piperazine rings is 1. The second kappa shape index (κ2) is 8.36. The number of pyridine rings is 1. The molecule has 1 aromatic carbocycles. The Hall–Kier alpha value is -2.83. The third-order valence-electron chi connectivity index (χ3n) is 7.06. The average Bonchev–Trinajstić information content (AvgIpc) is 3.23. The molecule has 0 aliphatic carbocycles. The maximum Gasteiger partial charge on any atom is 0.219 e. The van der Waals surface area contributed by atoms with Crippen molar-refractivity contribution < 1.29 is 9.18 Å². The van der Waals surface area contributed by atoms with E-state index < -0.39 is 0 Å². The summed E-state index contributed by atoms with van der Waals surface area (Å²) in [7, 11) is 0.